The van der Waals surface area contributed by atoms with Crippen LogP contribution in [0.25, 0.3) is 6.08 Å². The van der Waals surface area contributed by atoms with E-state index in [0.29, 0.717) is 0 Å². The van der Waals surface area contributed by atoms with Crippen molar-refractivity contribution >= 4 is 6.08 Å². The van der Waals surface area contributed by atoms with Crippen molar-refractivity contribution in [3.05, 3.63) is 54.6 Å². The molecule has 76 valence electrons. The van der Waals surface area contributed by atoms with Gasteiger partial charge in [-0.3, -0.25) is 0 Å². The zero-order valence-corrected chi connectivity index (χ0v) is 8.95. The SMILES string of the molecule is C=CC[NH2+]C/C=C/c1ccccc1.[Cl-]. The van der Waals surface area contributed by atoms with Crippen molar-refractivity contribution in [1.29, 1.82) is 0 Å². The Morgan fingerprint density at radius 2 is 1.86 bits per heavy atom. The molecule has 14 heavy (non-hydrogen) atoms. The summed E-state index contributed by atoms with van der Waals surface area (Å²) in [4.78, 5) is 0. The Bertz CT molecular complexity index is 267. The largest absolute Gasteiger partial charge is 1.00 e. The third-order valence-electron chi connectivity index (χ3n) is 1.75. The van der Waals surface area contributed by atoms with Crippen LogP contribution in [-0.4, -0.2) is 13.1 Å². The highest BCUT2D eigenvalue weighted by atomic mass is 35.5. The van der Waals surface area contributed by atoms with Gasteiger partial charge in [-0.15, -0.1) is 0 Å². The first-order valence-electron chi connectivity index (χ1n) is 4.57. The summed E-state index contributed by atoms with van der Waals surface area (Å²) in [6, 6.07) is 10.3. The molecule has 0 saturated heterocycles. The molecule has 2 heteroatoms. The molecule has 0 aromatic heterocycles. The van der Waals surface area contributed by atoms with Gasteiger partial charge < -0.3 is 17.7 Å². The Kier molecular flexibility index (Phi) is 7.90. The fourth-order valence-electron chi connectivity index (χ4n) is 1.08. The molecule has 0 amide bonds. The lowest BCUT2D eigenvalue weighted by atomic mass is 10.2. The molecule has 0 radical (unpaired) electrons. The summed E-state index contributed by atoms with van der Waals surface area (Å²) < 4.78 is 0. The zero-order chi connectivity index (χ0) is 9.36. The molecule has 0 unspecified atom stereocenters. The molecule has 2 N–H and O–H groups in total. The van der Waals surface area contributed by atoms with E-state index in [2.05, 4.69) is 36.2 Å². The third-order valence-corrected chi connectivity index (χ3v) is 1.75. The van der Waals surface area contributed by atoms with Crippen LogP contribution >= 0.6 is 0 Å². The smallest absolute Gasteiger partial charge is 0.0948 e. The summed E-state index contributed by atoms with van der Waals surface area (Å²) in [7, 11) is 0. The van der Waals surface area contributed by atoms with E-state index in [9.17, 15) is 0 Å². The first kappa shape index (κ1) is 12.9. The van der Waals surface area contributed by atoms with Gasteiger partial charge in [-0.25, -0.2) is 0 Å². The van der Waals surface area contributed by atoms with Crippen molar-refractivity contribution in [3.8, 4) is 0 Å². The number of quaternary nitrogens is 1. The fourth-order valence-corrected chi connectivity index (χ4v) is 1.08. The molecular weight excluding hydrogens is 194 g/mol. The molecule has 0 bridgehead atoms. The third kappa shape index (κ3) is 5.57. The van der Waals surface area contributed by atoms with Gasteiger partial charge in [-0.2, -0.15) is 0 Å². The van der Waals surface area contributed by atoms with E-state index < -0.39 is 0 Å². The molecule has 0 aliphatic rings. The van der Waals surface area contributed by atoms with E-state index in [0.717, 1.165) is 13.1 Å². The molecule has 1 aromatic carbocycles. The Labute approximate surface area is 91.9 Å². The molecule has 1 rings (SSSR count). The standard InChI is InChI=1S/C12H15N.ClH/c1-2-10-13-11-6-9-12-7-4-3-5-8-12;/h2-9,13H,1,10-11H2;1H/b9-6+;. The van der Waals surface area contributed by atoms with Gasteiger partial charge in [-0.1, -0.05) is 43.0 Å². The van der Waals surface area contributed by atoms with Crippen molar-refractivity contribution in [1.82, 2.24) is 0 Å². The maximum Gasteiger partial charge on any atom is 0.0948 e. The van der Waals surface area contributed by atoms with Crippen LogP contribution in [-0.2, 0) is 0 Å². The van der Waals surface area contributed by atoms with Gasteiger partial charge in [0.1, 0.15) is 0 Å². The van der Waals surface area contributed by atoms with Crippen LogP contribution in [0.4, 0.5) is 0 Å². The molecule has 0 spiro atoms. The topological polar surface area (TPSA) is 16.6 Å². The maximum absolute atomic E-state index is 3.66. The first-order chi connectivity index (χ1) is 6.43. The van der Waals surface area contributed by atoms with Crippen molar-refractivity contribution in [2.45, 2.75) is 0 Å². The Morgan fingerprint density at radius 3 is 2.50 bits per heavy atom. The van der Waals surface area contributed by atoms with E-state index in [-0.39, 0.29) is 12.4 Å². The van der Waals surface area contributed by atoms with Crippen LogP contribution in [0.2, 0.25) is 0 Å². The maximum atomic E-state index is 3.66. The summed E-state index contributed by atoms with van der Waals surface area (Å²) in [6.45, 7) is 5.66. The van der Waals surface area contributed by atoms with Gasteiger partial charge in [0.2, 0.25) is 0 Å². The normalized spacial score (nSPS) is 9.71. The molecule has 1 nitrogen and oxygen atoms in total. The predicted octanol–water partition coefficient (Wildman–Crippen LogP) is -1.55. The summed E-state index contributed by atoms with van der Waals surface area (Å²) in [5, 5.41) is 2.20. The number of benzene rings is 1. The van der Waals surface area contributed by atoms with Crippen molar-refractivity contribution in [2.24, 2.45) is 0 Å². The van der Waals surface area contributed by atoms with Gasteiger partial charge in [-0.05, 0) is 17.7 Å². The second-order valence-corrected chi connectivity index (χ2v) is 2.86. The van der Waals surface area contributed by atoms with E-state index in [4.69, 9.17) is 0 Å². The van der Waals surface area contributed by atoms with E-state index in [1.165, 1.54) is 5.56 Å². The average molecular weight is 210 g/mol. The van der Waals surface area contributed by atoms with Crippen LogP contribution in [0.5, 0.6) is 0 Å². The molecule has 0 saturated carbocycles. The van der Waals surface area contributed by atoms with Crippen LogP contribution in [0, 0.1) is 0 Å². The Hall–Kier alpha value is -1.05. The van der Waals surface area contributed by atoms with Gasteiger partial charge >= 0.3 is 0 Å². The number of hydrogen-bond acceptors (Lipinski definition) is 0. The number of rotatable bonds is 5. The predicted molar refractivity (Wildman–Crippen MR) is 57.3 cm³/mol. The van der Waals surface area contributed by atoms with Gasteiger partial charge in [0, 0.05) is 0 Å². The lowest BCUT2D eigenvalue weighted by molar-refractivity contribution is -0.636. The molecule has 0 aliphatic carbocycles. The second kappa shape index (κ2) is 8.54. The number of nitrogens with two attached hydrogens (primary N) is 1. The van der Waals surface area contributed by atoms with E-state index >= 15 is 0 Å². The fraction of sp³-hybridized carbons (Fsp3) is 0.167. The van der Waals surface area contributed by atoms with Crippen LogP contribution < -0.4 is 17.7 Å². The highest BCUT2D eigenvalue weighted by molar-refractivity contribution is 5.48. The highest BCUT2D eigenvalue weighted by Crippen LogP contribution is 1.99. The van der Waals surface area contributed by atoms with Crippen LogP contribution in [0.1, 0.15) is 5.56 Å². The highest BCUT2D eigenvalue weighted by Gasteiger charge is 1.83. The Balaban J connectivity index is 0.00000169. The minimum atomic E-state index is 0. The lowest BCUT2D eigenvalue weighted by Crippen LogP contribution is -3.00. The van der Waals surface area contributed by atoms with Crippen LogP contribution in [0.15, 0.2) is 49.1 Å². The van der Waals surface area contributed by atoms with Crippen molar-refractivity contribution < 1.29 is 17.7 Å². The summed E-state index contributed by atoms with van der Waals surface area (Å²) >= 11 is 0. The quantitative estimate of drug-likeness (QED) is 0.447. The Morgan fingerprint density at radius 1 is 1.14 bits per heavy atom. The van der Waals surface area contributed by atoms with Crippen LogP contribution in [0.3, 0.4) is 0 Å². The minimum Gasteiger partial charge on any atom is -1.00 e. The lowest BCUT2D eigenvalue weighted by Gasteiger charge is -1.92. The molecule has 0 aliphatic heterocycles. The number of halogens is 1. The average Bonchev–Trinajstić information content (AvgIpc) is 2.19. The summed E-state index contributed by atoms with van der Waals surface area (Å²) in [5.41, 5.74) is 1.26. The van der Waals surface area contributed by atoms with Crippen molar-refractivity contribution in [3.63, 3.8) is 0 Å². The summed E-state index contributed by atoms with van der Waals surface area (Å²) in [6.07, 6.45) is 6.22. The zero-order valence-electron chi connectivity index (χ0n) is 8.20. The van der Waals surface area contributed by atoms with Gasteiger partial charge in [0.25, 0.3) is 0 Å². The van der Waals surface area contributed by atoms with E-state index in [1.807, 2.05) is 24.3 Å². The molecular formula is C12H16ClN. The second-order valence-electron chi connectivity index (χ2n) is 2.86. The first-order valence-corrected chi connectivity index (χ1v) is 4.57. The molecule has 1 aromatic rings. The number of hydrogen-bond donors (Lipinski definition) is 1. The van der Waals surface area contributed by atoms with Gasteiger partial charge in [0.15, 0.2) is 0 Å². The molecule has 0 atom stereocenters. The van der Waals surface area contributed by atoms with Gasteiger partial charge in [0.05, 0.1) is 13.1 Å². The molecule has 0 fully saturated rings. The monoisotopic (exact) mass is 209 g/mol. The van der Waals surface area contributed by atoms with E-state index in [1.54, 1.807) is 0 Å². The molecule has 0 heterocycles. The minimum absolute atomic E-state index is 0. The van der Waals surface area contributed by atoms with Crippen molar-refractivity contribution in [2.75, 3.05) is 13.1 Å². The summed E-state index contributed by atoms with van der Waals surface area (Å²) in [5.74, 6) is 0.